The fourth-order valence-electron chi connectivity index (χ4n) is 1.81. The number of carbonyl (C=O) groups excluding carboxylic acids is 1. The van der Waals surface area contributed by atoms with Crippen LogP contribution in [-0.2, 0) is 18.9 Å². The molecular weight excluding hydrogens is 272 g/mol. The fourth-order valence-corrected chi connectivity index (χ4v) is 2.70. The number of aryl methyl sites for hydroxylation is 2. The smallest absolute Gasteiger partial charge is 0.275 e. The van der Waals surface area contributed by atoms with Gasteiger partial charge in [0.05, 0.1) is 16.4 Å². The molecule has 1 amide bonds. The molecule has 6 heteroatoms. The summed E-state index contributed by atoms with van der Waals surface area (Å²) in [4.78, 5) is 16.6. The fraction of sp³-hybridized carbons (Fsp3) is 0.500. The van der Waals surface area contributed by atoms with Crippen LogP contribution in [0.3, 0.4) is 0 Å². The molecule has 0 aliphatic heterocycles. The number of hydrogen-bond acceptors (Lipinski definition) is 4. The van der Waals surface area contributed by atoms with Gasteiger partial charge in [0.25, 0.3) is 5.91 Å². The van der Waals surface area contributed by atoms with Gasteiger partial charge in [-0.3, -0.25) is 9.48 Å². The first-order chi connectivity index (χ1) is 9.31. The van der Waals surface area contributed by atoms with Crippen molar-refractivity contribution < 1.29 is 4.79 Å². The Labute approximate surface area is 123 Å². The monoisotopic (exact) mass is 292 g/mol. The normalized spacial score (nSPS) is 11.7. The third-order valence-corrected chi connectivity index (χ3v) is 4.13. The zero-order valence-corrected chi connectivity index (χ0v) is 13.3. The molecule has 0 aliphatic rings. The maximum absolute atomic E-state index is 12.2. The van der Waals surface area contributed by atoms with E-state index >= 15 is 0 Å². The largest absolute Gasteiger partial charge is 0.318 e. The van der Waals surface area contributed by atoms with Crippen molar-refractivity contribution in [2.45, 2.75) is 39.5 Å². The predicted octanol–water partition coefficient (Wildman–Crippen LogP) is 2.99. The molecule has 1 N–H and O–H groups in total. The van der Waals surface area contributed by atoms with Crippen molar-refractivity contribution in [1.29, 1.82) is 0 Å². The molecule has 2 rings (SSSR count). The highest BCUT2D eigenvalue weighted by Crippen LogP contribution is 2.26. The number of thiazole rings is 1. The van der Waals surface area contributed by atoms with Crippen LogP contribution in [0.5, 0.6) is 0 Å². The summed E-state index contributed by atoms with van der Waals surface area (Å²) >= 11 is 1.52. The Morgan fingerprint density at radius 2 is 2.15 bits per heavy atom. The predicted molar refractivity (Wildman–Crippen MR) is 81.4 cm³/mol. The van der Waals surface area contributed by atoms with Gasteiger partial charge in [0.2, 0.25) is 0 Å². The van der Waals surface area contributed by atoms with Crippen molar-refractivity contribution in [3.8, 4) is 0 Å². The zero-order valence-electron chi connectivity index (χ0n) is 12.5. The average Bonchev–Trinajstić information content (AvgIpc) is 2.94. The van der Waals surface area contributed by atoms with Crippen LogP contribution in [0.1, 0.15) is 48.9 Å². The van der Waals surface area contributed by atoms with Crippen molar-refractivity contribution in [2.24, 2.45) is 7.05 Å². The lowest BCUT2D eigenvalue weighted by molar-refractivity contribution is 0.102. The highest BCUT2D eigenvalue weighted by molar-refractivity contribution is 7.10. The quantitative estimate of drug-likeness (QED) is 0.946. The molecule has 0 saturated heterocycles. The lowest BCUT2D eigenvalue weighted by Crippen LogP contribution is -2.15. The van der Waals surface area contributed by atoms with Crippen molar-refractivity contribution in [3.63, 3.8) is 0 Å². The second-order valence-electron chi connectivity index (χ2n) is 5.76. The van der Waals surface area contributed by atoms with Gasteiger partial charge in [-0.05, 0) is 6.42 Å². The second kappa shape index (κ2) is 5.36. The van der Waals surface area contributed by atoms with E-state index in [-0.39, 0.29) is 11.3 Å². The van der Waals surface area contributed by atoms with E-state index in [0.29, 0.717) is 5.69 Å². The van der Waals surface area contributed by atoms with Gasteiger partial charge >= 0.3 is 0 Å². The molecule has 0 atom stereocenters. The highest BCUT2D eigenvalue weighted by atomic mass is 32.1. The summed E-state index contributed by atoms with van der Waals surface area (Å²) in [6.45, 7) is 8.27. The third-order valence-electron chi connectivity index (χ3n) is 2.87. The van der Waals surface area contributed by atoms with Crippen LogP contribution in [0.2, 0.25) is 0 Å². The van der Waals surface area contributed by atoms with Gasteiger partial charge in [0, 0.05) is 24.0 Å². The summed E-state index contributed by atoms with van der Waals surface area (Å²) in [5.74, 6) is -0.181. The molecular formula is C14H20N4OS. The SMILES string of the molecule is CCc1nn(C)cc1NC(=O)c1csc(C(C)(C)C)n1. The van der Waals surface area contributed by atoms with Crippen molar-refractivity contribution in [3.05, 3.63) is 28.0 Å². The number of rotatable bonds is 3. The summed E-state index contributed by atoms with van der Waals surface area (Å²) in [6, 6.07) is 0. The Hall–Kier alpha value is -1.69. The maximum atomic E-state index is 12.2. The molecule has 0 aliphatic carbocycles. The Morgan fingerprint density at radius 3 is 2.70 bits per heavy atom. The van der Waals surface area contributed by atoms with Gasteiger partial charge in [-0.15, -0.1) is 11.3 Å². The molecule has 2 aromatic rings. The van der Waals surface area contributed by atoms with Crippen LogP contribution in [-0.4, -0.2) is 20.7 Å². The standard InChI is InChI=1S/C14H20N4OS/c1-6-9-10(7-18(5)17-9)15-12(19)11-8-20-13(16-11)14(2,3)4/h7-8H,6H2,1-5H3,(H,15,19). The number of aromatic nitrogens is 3. The molecule has 2 heterocycles. The first-order valence-electron chi connectivity index (χ1n) is 6.61. The molecule has 108 valence electrons. The minimum atomic E-state index is -0.181. The lowest BCUT2D eigenvalue weighted by Gasteiger charge is -2.13. The van der Waals surface area contributed by atoms with Crippen molar-refractivity contribution in [2.75, 3.05) is 5.32 Å². The molecule has 5 nitrogen and oxygen atoms in total. The lowest BCUT2D eigenvalue weighted by atomic mass is 9.98. The Bertz CT molecular complexity index is 621. The van der Waals surface area contributed by atoms with Crippen LogP contribution >= 0.6 is 11.3 Å². The number of hydrogen-bond donors (Lipinski definition) is 1. The molecule has 0 fully saturated rings. The Kier molecular flexibility index (Phi) is 3.94. The molecule has 0 aromatic carbocycles. The molecule has 20 heavy (non-hydrogen) atoms. The molecule has 0 bridgehead atoms. The second-order valence-corrected chi connectivity index (χ2v) is 6.62. The van der Waals surface area contributed by atoms with Gasteiger partial charge in [0.1, 0.15) is 5.69 Å². The van der Waals surface area contributed by atoms with E-state index in [4.69, 9.17) is 0 Å². The summed E-state index contributed by atoms with van der Waals surface area (Å²) < 4.78 is 1.70. The van der Waals surface area contributed by atoms with Crippen molar-refractivity contribution in [1.82, 2.24) is 14.8 Å². The van der Waals surface area contributed by atoms with Gasteiger partial charge in [-0.2, -0.15) is 5.10 Å². The van der Waals surface area contributed by atoms with Crippen LogP contribution < -0.4 is 5.32 Å². The van der Waals surface area contributed by atoms with Crippen LogP contribution in [0.4, 0.5) is 5.69 Å². The number of amides is 1. The Morgan fingerprint density at radius 1 is 1.45 bits per heavy atom. The van der Waals surface area contributed by atoms with E-state index in [1.807, 2.05) is 20.2 Å². The van der Waals surface area contributed by atoms with E-state index in [9.17, 15) is 4.79 Å². The van der Waals surface area contributed by atoms with Gasteiger partial charge < -0.3 is 5.32 Å². The molecule has 0 unspecified atom stereocenters. The highest BCUT2D eigenvalue weighted by Gasteiger charge is 2.21. The van der Waals surface area contributed by atoms with Gasteiger partial charge in [-0.25, -0.2) is 4.98 Å². The van der Waals surface area contributed by atoms with Crippen LogP contribution in [0, 0.1) is 0 Å². The minimum absolute atomic E-state index is 0.0356. The van der Waals surface area contributed by atoms with Gasteiger partial charge in [-0.1, -0.05) is 27.7 Å². The van der Waals surface area contributed by atoms with Crippen LogP contribution in [0.25, 0.3) is 0 Å². The summed E-state index contributed by atoms with van der Waals surface area (Å²) in [7, 11) is 1.84. The number of carbonyl (C=O) groups is 1. The summed E-state index contributed by atoms with van der Waals surface area (Å²) in [5, 5.41) is 9.96. The van der Waals surface area contributed by atoms with E-state index in [1.54, 1.807) is 10.1 Å². The molecule has 2 aromatic heterocycles. The molecule has 0 spiro atoms. The number of nitrogens with zero attached hydrogens (tertiary/aromatic N) is 3. The number of anilines is 1. The van der Waals surface area contributed by atoms with E-state index in [0.717, 1.165) is 22.8 Å². The van der Waals surface area contributed by atoms with E-state index in [2.05, 4.69) is 36.2 Å². The maximum Gasteiger partial charge on any atom is 0.275 e. The molecule has 0 saturated carbocycles. The average molecular weight is 292 g/mol. The van der Waals surface area contributed by atoms with Crippen molar-refractivity contribution >= 4 is 22.9 Å². The van der Waals surface area contributed by atoms with E-state index < -0.39 is 0 Å². The van der Waals surface area contributed by atoms with Gasteiger partial charge in [0.15, 0.2) is 0 Å². The number of nitrogens with one attached hydrogen (secondary N) is 1. The Balaban J connectivity index is 2.18. The first-order valence-corrected chi connectivity index (χ1v) is 7.49. The first kappa shape index (κ1) is 14.7. The summed E-state index contributed by atoms with van der Waals surface area (Å²) in [5.41, 5.74) is 2.06. The van der Waals surface area contributed by atoms with E-state index in [1.165, 1.54) is 11.3 Å². The summed E-state index contributed by atoms with van der Waals surface area (Å²) in [6.07, 6.45) is 2.59. The zero-order chi connectivity index (χ0) is 14.9. The minimum Gasteiger partial charge on any atom is -0.318 e. The van der Waals surface area contributed by atoms with Crippen LogP contribution in [0.15, 0.2) is 11.6 Å². The third kappa shape index (κ3) is 3.07. The topological polar surface area (TPSA) is 59.8 Å². The molecule has 0 radical (unpaired) electrons.